The van der Waals surface area contributed by atoms with E-state index < -0.39 is 73.9 Å². The lowest BCUT2D eigenvalue weighted by molar-refractivity contribution is -0.149. The number of nitrogens with one attached hydrogen (secondary N) is 4. The first-order chi connectivity index (χ1) is 24.1. The van der Waals surface area contributed by atoms with Crippen molar-refractivity contribution in [3.05, 3.63) is 0 Å². The van der Waals surface area contributed by atoms with E-state index in [-0.39, 0.29) is 69.9 Å². The Morgan fingerprint density at radius 3 is 1.33 bits per heavy atom. The molecule has 51 heavy (non-hydrogen) atoms. The van der Waals surface area contributed by atoms with Gasteiger partial charge in [0.2, 0.25) is 11.8 Å². The van der Waals surface area contributed by atoms with Crippen molar-refractivity contribution in [2.45, 2.75) is 87.4 Å². The molecular weight excluding hydrogens is 684 g/mol. The standard InChI is InChI=1S/C29H58N8O14/c30-29(31)36-7-3-1-2-4-12-37(13-5-19(42)32-8-10-34-27(50)25(48)23(46)21(44)17(40)15-38)14-6-20(43)33-9-11-35-28(51)26(49)24(47)22(45)18(41)16-39/h17-18,21-26,38-41,44-49H,1-16H2,(H,32,42)(H,33,43)(H,34,50)(H,35,51)(H4,30,31,36)/t17-,18-,21+,22+,23+,24+,25+,26+/m0/s1. The highest BCUT2D eigenvalue weighted by Gasteiger charge is 2.35. The van der Waals surface area contributed by atoms with E-state index in [9.17, 15) is 60.0 Å². The van der Waals surface area contributed by atoms with Crippen molar-refractivity contribution in [3.8, 4) is 0 Å². The molecule has 0 aromatic heterocycles. The molecule has 0 rings (SSSR count). The molecule has 0 aromatic carbocycles. The highest BCUT2D eigenvalue weighted by molar-refractivity contribution is 5.82. The number of nitrogens with zero attached hydrogens (tertiary/aromatic N) is 2. The van der Waals surface area contributed by atoms with Crippen LogP contribution in [0.25, 0.3) is 0 Å². The van der Waals surface area contributed by atoms with Gasteiger partial charge in [-0.15, -0.1) is 0 Å². The molecule has 298 valence electrons. The van der Waals surface area contributed by atoms with Crippen LogP contribution in [0.2, 0.25) is 0 Å². The number of guanidine groups is 1. The Hall–Kier alpha value is -3.29. The Morgan fingerprint density at radius 2 is 0.941 bits per heavy atom. The highest BCUT2D eigenvalue weighted by Crippen LogP contribution is 2.07. The first-order valence-electron chi connectivity index (χ1n) is 16.6. The maximum Gasteiger partial charge on any atom is 0.251 e. The summed E-state index contributed by atoms with van der Waals surface area (Å²) in [7, 11) is 0. The van der Waals surface area contributed by atoms with E-state index in [1.165, 1.54) is 0 Å². The van der Waals surface area contributed by atoms with Crippen LogP contribution in [0.15, 0.2) is 4.99 Å². The predicted molar refractivity (Wildman–Crippen MR) is 179 cm³/mol. The van der Waals surface area contributed by atoms with Gasteiger partial charge < -0.3 is 88.7 Å². The number of amides is 4. The molecular formula is C29H58N8O14. The quantitative estimate of drug-likeness (QED) is 0.0192. The fourth-order valence-electron chi connectivity index (χ4n) is 4.38. The largest absolute Gasteiger partial charge is 0.394 e. The minimum Gasteiger partial charge on any atom is -0.394 e. The number of hydrogen-bond acceptors (Lipinski definition) is 16. The second-order valence-corrected chi connectivity index (χ2v) is 11.7. The lowest BCUT2D eigenvalue weighted by Crippen LogP contribution is -2.52. The summed E-state index contributed by atoms with van der Waals surface area (Å²) < 4.78 is 0. The van der Waals surface area contributed by atoms with Crippen LogP contribution in [0.4, 0.5) is 0 Å². The molecule has 0 unspecified atom stereocenters. The predicted octanol–water partition coefficient (Wildman–Crippen LogP) is -8.76. The van der Waals surface area contributed by atoms with Crippen molar-refractivity contribution in [2.75, 3.05) is 65.6 Å². The van der Waals surface area contributed by atoms with Crippen molar-refractivity contribution in [2.24, 2.45) is 16.5 Å². The van der Waals surface area contributed by atoms with Crippen molar-refractivity contribution in [1.82, 2.24) is 26.2 Å². The van der Waals surface area contributed by atoms with E-state index in [4.69, 9.17) is 21.7 Å². The van der Waals surface area contributed by atoms with E-state index >= 15 is 0 Å². The summed E-state index contributed by atoms with van der Waals surface area (Å²) in [5.74, 6) is -2.88. The fourth-order valence-corrected chi connectivity index (χ4v) is 4.38. The molecule has 0 fully saturated rings. The van der Waals surface area contributed by atoms with Crippen molar-refractivity contribution >= 4 is 29.6 Å². The van der Waals surface area contributed by atoms with Gasteiger partial charge in [0.15, 0.2) is 18.2 Å². The molecule has 22 nitrogen and oxygen atoms in total. The summed E-state index contributed by atoms with van der Waals surface area (Å²) in [5, 5.41) is 105. The van der Waals surface area contributed by atoms with Crippen LogP contribution < -0.4 is 32.7 Å². The van der Waals surface area contributed by atoms with Crippen LogP contribution in [0.5, 0.6) is 0 Å². The molecule has 22 heteroatoms. The number of hydrogen-bond donors (Lipinski definition) is 16. The summed E-state index contributed by atoms with van der Waals surface area (Å²) in [6, 6.07) is 0. The van der Waals surface area contributed by atoms with Crippen LogP contribution in [0.3, 0.4) is 0 Å². The number of aliphatic imine (C=N–C) groups is 1. The van der Waals surface area contributed by atoms with Crippen molar-refractivity contribution in [3.63, 3.8) is 0 Å². The molecule has 0 aliphatic carbocycles. The Kier molecular flexibility index (Phi) is 25.6. The molecule has 0 saturated carbocycles. The molecule has 0 radical (unpaired) electrons. The van der Waals surface area contributed by atoms with Crippen LogP contribution in [-0.2, 0) is 19.2 Å². The zero-order chi connectivity index (χ0) is 38.9. The SMILES string of the molecule is NC(N)=NCCCCCCN(CCC(=O)NCCNC(=O)[C@H](O)[C@H](O)[C@H](O)[C@@H](O)CO)CCC(=O)NCCNC(=O)[C@H](O)[C@H](O)[C@H](O)[C@@H](O)CO. The molecule has 0 aromatic rings. The van der Waals surface area contributed by atoms with E-state index in [1.54, 1.807) is 0 Å². The topological polar surface area (TPSA) is 386 Å². The number of unbranched alkanes of at least 4 members (excludes halogenated alkanes) is 3. The molecule has 0 aliphatic heterocycles. The second-order valence-electron chi connectivity index (χ2n) is 11.7. The Morgan fingerprint density at radius 1 is 0.549 bits per heavy atom. The van der Waals surface area contributed by atoms with Crippen molar-refractivity contribution in [1.29, 1.82) is 0 Å². The van der Waals surface area contributed by atoms with Gasteiger partial charge in [-0.1, -0.05) is 12.8 Å². The maximum absolute atomic E-state index is 12.4. The Labute approximate surface area is 295 Å². The molecule has 0 spiro atoms. The minimum atomic E-state index is -2.10. The molecule has 8 atom stereocenters. The first-order valence-corrected chi connectivity index (χ1v) is 16.6. The maximum atomic E-state index is 12.4. The van der Waals surface area contributed by atoms with Gasteiger partial charge >= 0.3 is 0 Å². The van der Waals surface area contributed by atoms with Gasteiger partial charge in [0.25, 0.3) is 11.8 Å². The molecule has 0 heterocycles. The molecule has 0 aliphatic rings. The third-order valence-electron chi connectivity index (χ3n) is 7.53. The van der Waals surface area contributed by atoms with E-state index in [0.29, 0.717) is 13.1 Å². The zero-order valence-corrected chi connectivity index (χ0v) is 28.6. The van der Waals surface area contributed by atoms with Gasteiger partial charge in [-0.25, -0.2) is 0 Å². The Bertz CT molecular complexity index is 977. The summed E-state index contributed by atoms with van der Waals surface area (Å²) >= 11 is 0. The lowest BCUT2D eigenvalue weighted by Gasteiger charge is -2.25. The third kappa shape index (κ3) is 21.0. The van der Waals surface area contributed by atoms with E-state index in [0.717, 1.165) is 25.7 Å². The van der Waals surface area contributed by atoms with E-state index in [2.05, 4.69) is 26.3 Å². The third-order valence-corrected chi connectivity index (χ3v) is 7.53. The average Bonchev–Trinajstić information content (AvgIpc) is 3.12. The Balaban J connectivity index is 4.75. The highest BCUT2D eigenvalue weighted by atomic mass is 16.4. The number of carbonyl (C=O) groups is 4. The van der Waals surface area contributed by atoms with Gasteiger partial charge in [-0.05, 0) is 19.4 Å². The minimum absolute atomic E-state index is 0.0138. The van der Waals surface area contributed by atoms with Gasteiger partial charge in [0.05, 0.1) is 13.2 Å². The van der Waals surface area contributed by atoms with Crippen LogP contribution in [-0.4, -0.2) is 200 Å². The summed E-state index contributed by atoms with van der Waals surface area (Å²) in [4.78, 5) is 54.7. The van der Waals surface area contributed by atoms with E-state index in [1.807, 2.05) is 4.90 Å². The van der Waals surface area contributed by atoms with Gasteiger partial charge in [-0.2, -0.15) is 0 Å². The average molecular weight is 743 g/mol. The number of carbonyl (C=O) groups excluding carboxylic acids is 4. The zero-order valence-electron chi connectivity index (χ0n) is 28.6. The summed E-state index contributed by atoms with van der Waals surface area (Å²) in [6.07, 6.45) is -12.5. The second kappa shape index (κ2) is 27.4. The van der Waals surface area contributed by atoms with Crippen LogP contribution in [0.1, 0.15) is 38.5 Å². The molecule has 18 N–H and O–H groups in total. The molecule has 0 bridgehead atoms. The van der Waals surface area contributed by atoms with Crippen molar-refractivity contribution < 1.29 is 70.2 Å². The number of rotatable bonds is 29. The van der Waals surface area contributed by atoms with Gasteiger partial charge in [0, 0.05) is 58.7 Å². The number of aliphatic hydroxyl groups excluding tert-OH is 10. The first kappa shape index (κ1) is 47.7. The lowest BCUT2D eigenvalue weighted by atomic mass is 10.0. The monoisotopic (exact) mass is 742 g/mol. The summed E-state index contributed by atoms with van der Waals surface area (Å²) in [6.45, 7) is -0.530. The number of nitrogens with two attached hydrogens (primary N) is 2. The molecule has 4 amide bonds. The summed E-state index contributed by atoms with van der Waals surface area (Å²) in [5.41, 5.74) is 10.6. The van der Waals surface area contributed by atoms with Crippen LogP contribution in [0, 0.1) is 0 Å². The molecule has 0 saturated heterocycles. The van der Waals surface area contributed by atoms with Gasteiger partial charge in [-0.3, -0.25) is 24.2 Å². The number of aliphatic hydroxyl groups is 10. The van der Waals surface area contributed by atoms with Gasteiger partial charge in [0.1, 0.15) is 36.6 Å². The normalized spacial score (nSPS) is 16.1. The van der Waals surface area contributed by atoms with Crippen LogP contribution >= 0.6 is 0 Å². The smallest absolute Gasteiger partial charge is 0.251 e. The fraction of sp³-hybridized carbons (Fsp3) is 0.828.